The van der Waals surface area contributed by atoms with E-state index in [0.717, 1.165) is 0 Å². The maximum atomic E-state index is 13.7. The fourth-order valence-corrected chi connectivity index (χ4v) is 5.28. The Kier molecular flexibility index (Phi) is 7.40. The largest absolute Gasteiger partial charge is 0.465 e. The number of esters is 1. The average Bonchev–Trinajstić information content (AvgIpc) is 2.79. The molecule has 31 heavy (non-hydrogen) atoms. The first-order valence-corrected chi connectivity index (χ1v) is 11.5. The fourth-order valence-electron chi connectivity index (χ4n) is 3.63. The second-order valence-corrected chi connectivity index (χ2v) is 9.20. The monoisotopic (exact) mass is 448 g/mol. The van der Waals surface area contributed by atoms with Gasteiger partial charge in [0.2, 0.25) is 15.9 Å². The number of sulfonamides is 1. The van der Waals surface area contributed by atoms with Gasteiger partial charge in [0.05, 0.1) is 17.6 Å². The van der Waals surface area contributed by atoms with E-state index in [1.807, 2.05) is 0 Å². The summed E-state index contributed by atoms with van der Waals surface area (Å²) in [4.78, 5) is 24.3. The minimum absolute atomic E-state index is 0.0157. The van der Waals surface area contributed by atoms with Crippen LogP contribution in [0, 0.1) is 11.7 Å². The Morgan fingerprint density at radius 2 is 1.74 bits per heavy atom. The molecule has 1 amide bonds. The zero-order valence-electron chi connectivity index (χ0n) is 17.2. The van der Waals surface area contributed by atoms with Gasteiger partial charge in [-0.25, -0.2) is 17.6 Å². The van der Waals surface area contributed by atoms with Crippen molar-refractivity contribution in [1.29, 1.82) is 0 Å². The molecular weight excluding hydrogens is 423 g/mol. The molecule has 1 saturated heterocycles. The SMILES string of the molecule is COC(=O)c1ccccc1S(=O)(=O)N1CCC(C(=O)NCCc2ccccc2F)CC1. The van der Waals surface area contributed by atoms with Crippen molar-refractivity contribution < 1.29 is 27.1 Å². The number of nitrogens with one attached hydrogen (secondary N) is 1. The number of hydrogen-bond donors (Lipinski definition) is 1. The average molecular weight is 449 g/mol. The van der Waals surface area contributed by atoms with Crippen molar-refractivity contribution in [3.8, 4) is 0 Å². The minimum Gasteiger partial charge on any atom is -0.465 e. The molecule has 2 aromatic rings. The number of piperidine rings is 1. The highest BCUT2D eigenvalue weighted by Crippen LogP contribution is 2.26. The Balaban J connectivity index is 1.57. The van der Waals surface area contributed by atoms with Gasteiger partial charge in [-0.3, -0.25) is 4.79 Å². The van der Waals surface area contributed by atoms with E-state index in [1.165, 1.54) is 29.6 Å². The lowest BCUT2D eigenvalue weighted by molar-refractivity contribution is -0.126. The third-order valence-electron chi connectivity index (χ3n) is 5.39. The normalized spacial score (nSPS) is 15.4. The smallest absolute Gasteiger partial charge is 0.339 e. The molecule has 1 aliphatic rings. The summed E-state index contributed by atoms with van der Waals surface area (Å²) in [6.45, 7) is 0.650. The summed E-state index contributed by atoms with van der Waals surface area (Å²) in [5.74, 6) is -1.50. The van der Waals surface area contributed by atoms with Gasteiger partial charge in [-0.1, -0.05) is 30.3 Å². The lowest BCUT2D eigenvalue weighted by Gasteiger charge is -2.31. The van der Waals surface area contributed by atoms with Crippen LogP contribution in [0.1, 0.15) is 28.8 Å². The molecule has 0 saturated carbocycles. The van der Waals surface area contributed by atoms with Gasteiger partial charge >= 0.3 is 5.97 Å². The molecule has 166 valence electrons. The van der Waals surface area contributed by atoms with Crippen molar-refractivity contribution in [2.45, 2.75) is 24.2 Å². The molecule has 0 spiro atoms. The molecular formula is C22H25FN2O5S. The topological polar surface area (TPSA) is 92.8 Å². The molecule has 0 radical (unpaired) electrons. The Morgan fingerprint density at radius 3 is 2.42 bits per heavy atom. The zero-order chi connectivity index (χ0) is 22.4. The van der Waals surface area contributed by atoms with E-state index in [9.17, 15) is 22.4 Å². The van der Waals surface area contributed by atoms with E-state index in [1.54, 1.807) is 30.3 Å². The molecule has 1 fully saturated rings. The summed E-state index contributed by atoms with van der Waals surface area (Å²) in [6, 6.07) is 12.3. The molecule has 2 aromatic carbocycles. The molecule has 1 N–H and O–H groups in total. The Labute approximate surface area is 181 Å². The Bertz CT molecular complexity index is 1050. The Morgan fingerprint density at radius 1 is 1.10 bits per heavy atom. The van der Waals surface area contributed by atoms with Gasteiger partial charge in [0.1, 0.15) is 5.82 Å². The molecule has 0 bridgehead atoms. The van der Waals surface area contributed by atoms with Gasteiger partial charge in [-0.2, -0.15) is 4.31 Å². The quantitative estimate of drug-likeness (QED) is 0.657. The van der Waals surface area contributed by atoms with E-state index in [-0.39, 0.29) is 41.2 Å². The number of amides is 1. The van der Waals surface area contributed by atoms with Crippen LogP contribution in [-0.2, 0) is 26.0 Å². The van der Waals surface area contributed by atoms with Crippen molar-refractivity contribution in [3.05, 3.63) is 65.5 Å². The van der Waals surface area contributed by atoms with Crippen LogP contribution in [0.15, 0.2) is 53.4 Å². The highest BCUT2D eigenvalue weighted by atomic mass is 32.2. The number of carbonyl (C=O) groups is 2. The van der Waals surface area contributed by atoms with E-state index >= 15 is 0 Å². The summed E-state index contributed by atoms with van der Waals surface area (Å²) in [5.41, 5.74) is 0.519. The van der Waals surface area contributed by atoms with Crippen LogP contribution in [0.2, 0.25) is 0 Å². The van der Waals surface area contributed by atoms with Gasteiger partial charge in [-0.15, -0.1) is 0 Å². The van der Waals surface area contributed by atoms with Crippen LogP contribution in [0.3, 0.4) is 0 Å². The van der Waals surface area contributed by atoms with Crippen LogP contribution < -0.4 is 5.32 Å². The first kappa shape index (κ1) is 22.9. The van der Waals surface area contributed by atoms with Crippen molar-refractivity contribution >= 4 is 21.9 Å². The van der Waals surface area contributed by atoms with E-state index in [4.69, 9.17) is 0 Å². The predicted molar refractivity (Wildman–Crippen MR) is 112 cm³/mol. The lowest BCUT2D eigenvalue weighted by atomic mass is 9.97. The molecule has 7 nitrogen and oxygen atoms in total. The molecule has 1 heterocycles. The molecule has 1 aliphatic heterocycles. The highest BCUT2D eigenvalue weighted by molar-refractivity contribution is 7.89. The van der Waals surface area contributed by atoms with Gasteiger partial charge in [0.25, 0.3) is 0 Å². The number of halogens is 1. The molecule has 0 aliphatic carbocycles. The van der Waals surface area contributed by atoms with Crippen molar-refractivity contribution in [2.75, 3.05) is 26.7 Å². The van der Waals surface area contributed by atoms with Crippen LogP contribution in [0.5, 0.6) is 0 Å². The number of benzene rings is 2. The van der Waals surface area contributed by atoms with Crippen LogP contribution in [0.25, 0.3) is 0 Å². The van der Waals surface area contributed by atoms with Crippen molar-refractivity contribution in [2.24, 2.45) is 5.92 Å². The van der Waals surface area contributed by atoms with E-state index < -0.39 is 16.0 Å². The van der Waals surface area contributed by atoms with Crippen LogP contribution in [-0.4, -0.2) is 51.3 Å². The first-order valence-electron chi connectivity index (χ1n) is 10.0. The molecule has 0 aromatic heterocycles. The summed E-state index contributed by atoms with van der Waals surface area (Å²) < 4.78 is 45.7. The summed E-state index contributed by atoms with van der Waals surface area (Å²) in [5, 5.41) is 2.81. The number of hydrogen-bond acceptors (Lipinski definition) is 5. The first-order chi connectivity index (χ1) is 14.8. The number of carbonyl (C=O) groups excluding carboxylic acids is 2. The number of nitrogens with zero attached hydrogens (tertiary/aromatic N) is 1. The van der Waals surface area contributed by atoms with Gasteiger partial charge in [-0.05, 0) is 43.0 Å². The standard InChI is InChI=1S/C22H25FN2O5S/c1-30-22(27)18-7-3-5-9-20(18)31(28,29)25-14-11-17(12-15-25)21(26)24-13-10-16-6-2-4-8-19(16)23/h2-9,17H,10-15H2,1H3,(H,24,26). The second kappa shape index (κ2) is 10.0. The maximum absolute atomic E-state index is 13.7. The maximum Gasteiger partial charge on any atom is 0.339 e. The highest BCUT2D eigenvalue weighted by Gasteiger charge is 2.34. The third-order valence-corrected chi connectivity index (χ3v) is 7.34. The van der Waals surface area contributed by atoms with E-state index in [2.05, 4.69) is 10.1 Å². The Hall–Kier alpha value is -2.78. The number of rotatable bonds is 7. The summed E-state index contributed by atoms with van der Waals surface area (Å²) in [6.07, 6.45) is 1.12. The fraction of sp³-hybridized carbons (Fsp3) is 0.364. The third kappa shape index (κ3) is 5.29. The lowest BCUT2D eigenvalue weighted by Crippen LogP contribution is -2.43. The summed E-state index contributed by atoms with van der Waals surface area (Å²) >= 11 is 0. The summed E-state index contributed by atoms with van der Waals surface area (Å²) in [7, 11) is -2.70. The van der Waals surface area contributed by atoms with Crippen LogP contribution in [0.4, 0.5) is 4.39 Å². The number of methoxy groups -OCH3 is 1. The second-order valence-electron chi connectivity index (χ2n) is 7.30. The minimum atomic E-state index is -3.90. The van der Waals surface area contributed by atoms with Crippen molar-refractivity contribution in [3.63, 3.8) is 0 Å². The molecule has 0 atom stereocenters. The van der Waals surface area contributed by atoms with Gasteiger partial charge in [0.15, 0.2) is 0 Å². The van der Waals surface area contributed by atoms with Gasteiger partial charge in [0, 0.05) is 25.6 Å². The molecule has 0 unspecified atom stereocenters. The van der Waals surface area contributed by atoms with Crippen molar-refractivity contribution in [1.82, 2.24) is 9.62 Å². The molecule has 3 rings (SSSR count). The van der Waals surface area contributed by atoms with Gasteiger partial charge < -0.3 is 10.1 Å². The van der Waals surface area contributed by atoms with E-state index in [0.29, 0.717) is 31.4 Å². The predicted octanol–water partition coefficient (Wildman–Crippen LogP) is 2.37. The number of ether oxygens (including phenoxy) is 1. The van der Waals surface area contributed by atoms with Crippen LogP contribution >= 0.6 is 0 Å². The molecule has 9 heteroatoms. The zero-order valence-corrected chi connectivity index (χ0v) is 18.0.